The van der Waals surface area contributed by atoms with Crippen LogP contribution in [0.3, 0.4) is 0 Å². The third-order valence-electron chi connectivity index (χ3n) is 4.45. The number of benzene rings is 1. The second kappa shape index (κ2) is 6.81. The van der Waals surface area contributed by atoms with Gasteiger partial charge in [0.05, 0.1) is 11.8 Å². The van der Waals surface area contributed by atoms with Crippen LogP contribution in [0.1, 0.15) is 5.56 Å². The molecule has 0 aliphatic heterocycles. The van der Waals surface area contributed by atoms with Crippen LogP contribution in [0.5, 0.6) is 0 Å². The van der Waals surface area contributed by atoms with E-state index >= 15 is 0 Å². The highest BCUT2D eigenvalue weighted by molar-refractivity contribution is 7.71. The zero-order valence-corrected chi connectivity index (χ0v) is 15.1. The molecule has 4 rings (SSSR count). The summed E-state index contributed by atoms with van der Waals surface area (Å²) < 4.78 is 2.24. The fraction of sp³-hybridized carbons (Fsp3) is 0.222. The molecule has 8 heteroatoms. The van der Waals surface area contributed by atoms with Gasteiger partial charge in [-0.1, -0.05) is 18.2 Å². The normalized spacial score (nSPS) is 11.6. The van der Waals surface area contributed by atoms with E-state index in [1.807, 2.05) is 29.0 Å². The van der Waals surface area contributed by atoms with E-state index in [1.165, 1.54) is 11.9 Å². The van der Waals surface area contributed by atoms with E-state index in [-0.39, 0.29) is 5.56 Å². The van der Waals surface area contributed by atoms with Crippen molar-refractivity contribution >= 4 is 34.3 Å². The first-order chi connectivity index (χ1) is 12.6. The van der Waals surface area contributed by atoms with Gasteiger partial charge in [-0.3, -0.25) is 19.3 Å². The van der Waals surface area contributed by atoms with E-state index in [1.54, 1.807) is 0 Å². The van der Waals surface area contributed by atoms with Crippen molar-refractivity contribution in [2.45, 2.75) is 13.1 Å². The number of H-pyrrole nitrogens is 2. The minimum absolute atomic E-state index is 0.240. The molecule has 3 aromatic heterocycles. The topological polar surface area (TPSA) is 82.6 Å². The Hall–Kier alpha value is -2.84. The maximum Gasteiger partial charge on any atom is 0.277 e. The van der Waals surface area contributed by atoms with E-state index < -0.39 is 0 Å². The maximum atomic E-state index is 11.9. The summed E-state index contributed by atoms with van der Waals surface area (Å²) >= 11 is 5.30. The lowest BCUT2D eigenvalue weighted by Gasteiger charge is -2.18. The fourth-order valence-electron chi connectivity index (χ4n) is 3.12. The van der Waals surface area contributed by atoms with Crippen LogP contribution in [0.25, 0.3) is 22.1 Å². The number of rotatable bonds is 5. The molecule has 0 aliphatic carbocycles. The van der Waals surface area contributed by atoms with Gasteiger partial charge in [-0.15, -0.1) is 0 Å². The molecule has 0 aliphatic rings. The molecule has 0 saturated carbocycles. The number of para-hydroxylation sites is 1. The van der Waals surface area contributed by atoms with Crippen LogP contribution in [-0.2, 0) is 13.1 Å². The van der Waals surface area contributed by atoms with E-state index in [9.17, 15) is 4.79 Å². The summed E-state index contributed by atoms with van der Waals surface area (Å²) in [6.07, 6.45) is 3.36. The molecular weight excluding hydrogens is 348 g/mol. The Labute approximate surface area is 154 Å². The summed E-state index contributed by atoms with van der Waals surface area (Å²) in [6.45, 7) is 2.19. The van der Waals surface area contributed by atoms with Crippen LogP contribution in [0.2, 0.25) is 0 Å². The number of nitrogens with zero attached hydrogens (tertiary/aromatic N) is 4. The first kappa shape index (κ1) is 16.6. The van der Waals surface area contributed by atoms with Crippen LogP contribution in [0, 0.1) is 4.77 Å². The second-order valence-corrected chi connectivity index (χ2v) is 6.62. The zero-order valence-electron chi connectivity index (χ0n) is 14.3. The maximum absolute atomic E-state index is 11.9. The lowest BCUT2D eigenvalue weighted by atomic mass is 10.1. The van der Waals surface area contributed by atoms with E-state index in [4.69, 9.17) is 12.2 Å². The van der Waals surface area contributed by atoms with Crippen molar-refractivity contribution in [3.63, 3.8) is 0 Å². The SMILES string of the molecule is CN(CCn1c(=S)[nH]c(=O)c2[nH]cnc21)Cc1ccnc2ccccc12. The van der Waals surface area contributed by atoms with Gasteiger partial charge < -0.3 is 9.88 Å². The summed E-state index contributed by atoms with van der Waals surface area (Å²) in [5, 5.41) is 1.16. The minimum atomic E-state index is -0.240. The van der Waals surface area contributed by atoms with E-state index in [2.05, 4.69) is 44.0 Å². The number of hydrogen-bond acceptors (Lipinski definition) is 5. The molecule has 132 valence electrons. The zero-order chi connectivity index (χ0) is 18.1. The summed E-state index contributed by atoms with van der Waals surface area (Å²) in [6, 6.07) is 10.2. The highest BCUT2D eigenvalue weighted by Crippen LogP contribution is 2.17. The molecule has 0 unspecified atom stereocenters. The monoisotopic (exact) mass is 366 g/mol. The lowest BCUT2D eigenvalue weighted by Crippen LogP contribution is -2.25. The van der Waals surface area contributed by atoms with Gasteiger partial charge in [0.2, 0.25) is 0 Å². The Morgan fingerprint density at radius 1 is 1.23 bits per heavy atom. The summed E-state index contributed by atoms with van der Waals surface area (Å²) in [7, 11) is 2.06. The highest BCUT2D eigenvalue weighted by Gasteiger charge is 2.10. The van der Waals surface area contributed by atoms with Crippen LogP contribution < -0.4 is 5.56 Å². The Morgan fingerprint density at radius 3 is 2.96 bits per heavy atom. The van der Waals surface area contributed by atoms with Crippen LogP contribution >= 0.6 is 12.2 Å². The quantitative estimate of drug-likeness (QED) is 0.530. The second-order valence-electron chi connectivity index (χ2n) is 6.24. The number of aromatic amines is 2. The van der Waals surface area contributed by atoms with Gasteiger partial charge in [0.1, 0.15) is 5.52 Å². The van der Waals surface area contributed by atoms with Gasteiger partial charge in [0.15, 0.2) is 10.4 Å². The number of fused-ring (bicyclic) bond motifs is 2. The molecule has 7 nitrogen and oxygen atoms in total. The van der Waals surface area contributed by atoms with Crippen molar-refractivity contribution in [3.05, 3.63) is 63.5 Å². The van der Waals surface area contributed by atoms with Gasteiger partial charge in [0, 0.05) is 31.2 Å². The number of aromatic nitrogens is 5. The van der Waals surface area contributed by atoms with E-state index in [0.29, 0.717) is 22.5 Å². The number of pyridine rings is 1. The average molecular weight is 366 g/mol. The molecule has 0 amide bonds. The smallest absolute Gasteiger partial charge is 0.277 e. The Kier molecular flexibility index (Phi) is 4.36. The molecule has 2 N–H and O–H groups in total. The Morgan fingerprint density at radius 2 is 2.08 bits per heavy atom. The van der Waals surface area contributed by atoms with Gasteiger partial charge in [-0.25, -0.2) is 4.98 Å². The summed E-state index contributed by atoms with van der Waals surface area (Å²) in [5.74, 6) is 0. The predicted octanol–water partition coefficient (Wildman–Crippen LogP) is 2.46. The molecule has 1 aromatic carbocycles. The molecule has 26 heavy (non-hydrogen) atoms. The summed E-state index contributed by atoms with van der Waals surface area (Å²) in [5.41, 5.74) is 3.02. The van der Waals surface area contributed by atoms with Gasteiger partial charge in [-0.2, -0.15) is 0 Å². The molecule has 0 bridgehead atoms. The van der Waals surface area contributed by atoms with E-state index in [0.717, 1.165) is 24.0 Å². The Balaban J connectivity index is 1.55. The number of hydrogen-bond donors (Lipinski definition) is 2. The average Bonchev–Trinajstić information content (AvgIpc) is 3.12. The highest BCUT2D eigenvalue weighted by atomic mass is 32.1. The Bertz CT molecular complexity index is 1190. The standard InChI is InChI=1S/C18H18N6OS/c1-23(10-12-6-7-19-14-5-3-2-4-13(12)14)8-9-24-16-15(20-11-21-16)17(25)22-18(24)26/h2-7,11H,8-10H2,1H3,(H,20,21)(H,22,25,26). The van der Waals surface area contributed by atoms with Crippen molar-refractivity contribution < 1.29 is 0 Å². The fourth-order valence-corrected chi connectivity index (χ4v) is 3.39. The molecular formula is C18H18N6OS. The third-order valence-corrected chi connectivity index (χ3v) is 4.78. The molecule has 0 radical (unpaired) electrons. The first-order valence-electron chi connectivity index (χ1n) is 8.31. The third kappa shape index (κ3) is 3.04. The first-order valence-corrected chi connectivity index (χ1v) is 8.71. The van der Waals surface area contributed by atoms with Crippen molar-refractivity contribution in [2.24, 2.45) is 0 Å². The predicted molar refractivity (Wildman–Crippen MR) is 104 cm³/mol. The molecule has 0 fully saturated rings. The number of nitrogens with one attached hydrogen (secondary N) is 2. The largest absolute Gasteiger partial charge is 0.339 e. The molecule has 0 atom stereocenters. The molecule has 0 saturated heterocycles. The van der Waals surface area contributed by atoms with Crippen molar-refractivity contribution in [1.29, 1.82) is 0 Å². The van der Waals surface area contributed by atoms with Crippen LogP contribution in [0.15, 0.2) is 47.7 Å². The lowest BCUT2D eigenvalue weighted by molar-refractivity contribution is 0.312. The van der Waals surface area contributed by atoms with Gasteiger partial charge in [0.25, 0.3) is 5.56 Å². The molecule has 0 spiro atoms. The molecule has 3 heterocycles. The number of imidazole rings is 1. The summed E-state index contributed by atoms with van der Waals surface area (Å²) in [4.78, 5) is 28.3. The van der Waals surface area contributed by atoms with Crippen molar-refractivity contribution in [1.82, 2.24) is 29.4 Å². The number of likely N-dealkylation sites (N-methyl/N-ethyl adjacent to an activating group) is 1. The molecule has 4 aromatic rings. The van der Waals surface area contributed by atoms with Gasteiger partial charge >= 0.3 is 0 Å². The van der Waals surface area contributed by atoms with Crippen LogP contribution in [0.4, 0.5) is 0 Å². The minimum Gasteiger partial charge on any atom is -0.339 e. The van der Waals surface area contributed by atoms with Crippen molar-refractivity contribution in [2.75, 3.05) is 13.6 Å². The van der Waals surface area contributed by atoms with Crippen LogP contribution in [-0.4, -0.2) is 43.0 Å². The van der Waals surface area contributed by atoms with Gasteiger partial charge in [-0.05, 0) is 37.0 Å². The van der Waals surface area contributed by atoms with Crippen molar-refractivity contribution in [3.8, 4) is 0 Å².